The highest BCUT2D eigenvalue weighted by Crippen LogP contribution is 2.22. The smallest absolute Gasteiger partial charge is 0.246 e. The maximum absolute atomic E-state index is 13.9. The molecule has 9 heteroatoms. The maximum atomic E-state index is 13.9. The number of ketones is 1. The standard InChI is InChI=1S/C18H21F2N3O3S/c1-12-9-15(13(2)21-12)17(24)11-22-5-7-23(8-6-22)27(25,26)18-10-14(19)3-4-16(18)20/h3-4,9-10,21H,5-8,11H2,1-2H3. The van der Waals surface area contributed by atoms with E-state index < -0.39 is 26.6 Å². The molecule has 0 aliphatic carbocycles. The Morgan fingerprint density at radius 3 is 2.37 bits per heavy atom. The normalized spacial score (nSPS) is 16.6. The number of carbonyl (C=O) groups is 1. The molecule has 1 aromatic carbocycles. The summed E-state index contributed by atoms with van der Waals surface area (Å²) in [5.41, 5.74) is 2.34. The highest BCUT2D eigenvalue weighted by Gasteiger charge is 2.31. The molecule has 0 amide bonds. The van der Waals surface area contributed by atoms with Gasteiger partial charge < -0.3 is 4.98 Å². The predicted molar refractivity (Wildman–Crippen MR) is 96.2 cm³/mol. The number of aromatic nitrogens is 1. The molecular formula is C18H21F2N3O3S. The first-order valence-corrected chi connectivity index (χ1v) is 9.99. The van der Waals surface area contributed by atoms with Crippen LogP contribution in [-0.2, 0) is 10.0 Å². The number of hydrogen-bond donors (Lipinski definition) is 1. The number of carbonyl (C=O) groups excluding carboxylic acids is 1. The fraction of sp³-hybridized carbons (Fsp3) is 0.389. The lowest BCUT2D eigenvalue weighted by atomic mass is 10.1. The fourth-order valence-electron chi connectivity index (χ4n) is 3.24. The van der Waals surface area contributed by atoms with Crippen LogP contribution in [0.25, 0.3) is 0 Å². The lowest BCUT2D eigenvalue weighted by Gasteiger charge is -2.33. The number of Topliss-reactive ketones (excluding diaryl/α,β-unsaturated/α-hetero) is 1. The molecule has 0 unspecified atom stereocenters. The third-order valence-electron chi connectivity index (χ3n) is 4.66. The Bertz CT molecular complexity index is 964. The first-order valence-electron chi connectivity index (χ1n) is 8.55. The summed E-state index contributed by atoms with van der Waals surface area (Å²) in [5, 5.41) is 0. The average Bonchev–Trinajstić information content (AvgIpc) is 2.96. The number of hydrogen-bond acceptors (Lipinski definition) is 4. The van der Waals surface area contributed by atoms with Gasteiger partial charge in [-0.3, -0.25) is 9.69 Å². The largest absolute Gasteiger partial charge is 0.362 e. The quantitative estimate of drug-likeness (QED) is 0.785. The number of sulfonamides is 1. The summed E-state index contributed by atoms with van der Waals surface area (Å²) in [5.74, 6) is -1.83. The lowest BCUT2D eigenvalue weighted by Crippen LogP contribution is -2.49. The van der Waals surface area contributed by atoms with Crippen molar-refractivity contribution in [3.63, 3.8) is 0 Å². The number of nitrogens with one attached hydrogen (secondary N) is 1. The first-order chi connectivity index (χ1) is 12.7. The summed E-state index contributed by atoms with van der Waals surface area (Å²) in [7, 11) is -4.12. The van der Waals surface area contributed by atoms with Crippen LogP contribution in [0.5, 0.6) is 0 Å². The minimum absolute atomic E-state index is 0.0377. The van der Waals surface area contributed by atoms with Crippen LogP contribution < -0.4 is 0 Å². The van der Waals surface area contributed by atoms with Crippen LogP contribution in [0.1, 0.15) is 21.7 Å². The van der Waals surface area contributed by atoms with Crippen molar-refractivity contribution in [1.29, 1.82) is 0 Å². The second-order valence-corrected chi connectivity index (χ2v) is 8.58. The maximum Gasteiger partial charge on any atom is 0.246 e. The van der Waals surface area contributed by atoms with Crippen LogP contribution in [0.3, 0.4) is 0 Å². The second kappa shape index (κ2) is 7.49. The van der Waals surface area contributed by atoms with Crippen molar-refractivity contribution in [2.45, 2.75) is 18.7 Å². The fourth-order valence-corrected chi connectivity index (χ4v) is 4.74. The summed E-state index contributed by atoms with van der Waals surface area (Å²) in [6, 6.07) is 4.17. The zero-order valence-electron chi connectivity index (χ0n) is 15.1. The number of aryl methyl sites for hydroxylation is 2. The molecule has 1 saturated heterocycles. The van der Waals surface area contributed by atoms with Crippen molar-refractivity contribution in [1.82, 2.24) is 14.2 Å². The van der Waals surface area contributed by atoms with E-state index in [1.165, 1.54) is 0 Å². The van der Waals surface area contributed by atoms with Crippen molar-refractivity contribution in [3.8, 4) is 0 Å². The molecular weight excluding hydrogens is 376 g/mol. The molecule has 146 valence electrons. The molecule has 0 spiro atoms. The Kier molecular flexibility index (Phi) is 5.45. The van der Waals surface area contributed by atoms with E-state index in [0.29, 0.717) is 24.7 Å². The Balaban J connectivity index is 1.65. The highest BCUT2D eigenvalue weighted by atomic mass is 32.2. The van der Waals surface area contributed by atoms with Crippen LogP contribution in [0.4, 0.5) is 8.78 Å². The van der Waals surface area contributed by atoms with Gasteiger partial charge in [-0.2, -0.15) is 4.31 Å². The van der Waals surface area contributed by atoms with Gasteiger partial charge in [-0.1, -0.05) is 0 Å². The molecule has 0 radical (unpaired) electrons. The number of halogens is 2. The summed E-state index contributed by atoms with van der Waals surface area (Å²) < 4.78 is 53.5. The molecule has 1 aliphatic heterocycles. The third kappa shape index (κ3) is 4.10. The number of nitrogens with zero attached hydrogens (tertiary/aromatic N) is 2. The van der Waals surface area contributed by atoms with E-state index in [1.54, 1.807) is 6.07 Å². The van der Waals surface area contributed by atoms with E-state index in [4.69, 9.17) is 0 Å². The second-order valence-electron chi connectivity index (χ2n) is 6.67. The molecule has 3 rings (SSSR count). The highest BCUT2D eigenvalue weighted by molar-refractivity contribution is 7.89. The summed E-state index contributed by atoms with van der Waals surface area (Å²) in [4.78, 5) is 16.7. The number of benzene rings is 1. The molecule has 6 nitrogen and oxygen atoms in total. The van der Waals surface area contributed by atoms with Crippen molar-refractivity contribution in [3.05, 3.63) is 52.9 Å². The zero-order chi connectivity index (χ0) is 19.8. The van der Waals surface area contributed by atoms with Gasteiger partial charge in [0.15, 0.2) is 5.78 Å². The van der Waals surface area contributed by atoms with E-state index >= 15 is 0 Å². The van der Waals surface area contributed by atoms with Gasteiger partial charge in [-0.25, -0.2) is 17.2 Å². The molecule has 0 bridgehead atoms. The molecule has 1 N–H and O–H groups in total. The van der Waals surface area contributed by atoms with E-state index in [0.717, 1.165) is 27.8 Å². The Labute approximate surface area is 156 Å². The van der Waals surface area contributed by atoms with Crippen molar-refractivity contribution in [2.75, 3.05) is 32.7 Å². The van der Waals surface area contributed by atoms with Gasteiger partial charge in [-0.15, -0.1) is 0 Å². The number of piperazine rings is 1. The minimum atomic E-state index is -4.12. The number of H-pyrrole nitrogens is 1. The predicted octanol–water partition coefficient (Wildman–Crippen LogP) is 2.10. The molecule has 2 aromatic rings. The van der Waals surface area contributed by atoms with Crippen LogP contribution in [0, 0.1) is 25.5 Å². The van der Waals surface area contributed by atoms with Gasteiger partial charge in [0.2, 0.25) is 10.0 Å². The Morgan fingerprint density at radius 1 is 1.11 bits per heavy atom. The number of rotatable bonds is 5. The molecule has 1 fully saturated rings. The van der Waals surface area contributed by atoms with Gasteiger partial charge in [0, 0.05) is 43.1 Å². The molecule has 0 saturated carbocycles. The molecule has 1 aliphatic rings. The first kappa shape index (κ1) is 19.7. The summed E-state index contributed by atoms with van der Waals surface area (Å²) in [6.45, 7) is 4.78. The molecule has 2 heterocycles. The van der Waals surface area contributed by atoms with Crippen LogP contribution in [-0.4, -0.2) is 61.1 Å². The average molecular weight is 397 g/mol. The summed E-state index contributed by atoms with van der Waals surface area (Å²) >= 11 is 0. The van der Waals surface area contributed by atoms with E-state index in [2.05, 4.69) is 4.98 Å². The summed E-state index contributed by atoms with van der Waals surface area (Å²) in [6.07, 6.45) is 0. The van der Waals surface area contributed by atoms with Gasteiger partial charge in [0.25, 0.3) is 0 Å². The van der Waals surface area contributed by atoms with Crippen LogP contribution in [0.2, 0.25) is 0 Å². The van der Waals surface area contributed by atoms with Gasteiger partial charge >= 0.3 is 0 Å². The Hall–Kier alpha value is -2.10. The van der Waals surface area contributed by atoms with E-state index in [1.807, 2.05) is 18.7 Å². The SMILES string of the molecule is Cc1cc(C(=O)CN2CCN(S(=O)(=O)c3cc(F)ccc3F)CC2)c(C)[nH]1. The van der Waals surface area contributed by atoms with Crippen LogP contribution in [0.15, 0.2) is 29.2 Å². The van der Waals surface area contributed by atoms with Gasteiger partial charge in [0.05, 0.1) is 6.54 Å². The molecule has 0 atom stereocenters. The van der Waals surface area contributed by atoms with Gasteiger partial charge in [0.1, 0.15) is 16.5 Å². The lowest BCUT2D eigenvalue weighted by molar-refractivity contribution is 0.0901. The van der Waals surface area contributed by atoms with Crippen molar-refractivity contribution in [2.24, 2.45) is 0 Å². The number of aromatic amines is 1. The van der Waals surface area contributed by atoms with Crippen molar-refractivity contribution < 1.29 is 22.0 Å². The Morgan fingerprint density at radius 2 is 1.78 bits per heavy atom. The molecule has 27 heavy (non-hydrogen) atoms. The van der Waals surface area contributed by atoms with Crippen molar-refractivity contribution >= 4 is 15.8 Å². The zero-order valence-corrected chi connectivity index (χ0v) is 15.9. The van der Waals surface area contributed by atoms with E-state index in [9.17, 15) is 22.0 Å². The van der Waals surface area contributed by atoms with E-state index in [-0.39, 0.29) is 25.4 Å². The van der Waals surface area contributed by atoms with Gasteiger partial charge in [-0.05, 0) is 38.1 Å². The van der Waals surface area contributed by atoms with Crippen LogP contribution >= 0.6 is 0 Å². The molecule has 1 aromatic heterocycles. The monoisotopic (exact) mass is 397 g/mol. The topological polar surface area (TPSA) is 73.5 Å². The third-order valence-corrected chi connectivity index (χ3v) is 6.57. The minimum Gasteiger partial charge on any atom is -0.362 e.